The van der Waals surface area contributed by atoms with Gasteiger partial charge in [-0.1, -0.05) is 6.07 Å². The molecule has 0 spiro atoms. The molecule has 3 N–H and O–H groups in total. The van der Waals surface area contributed by atoms with E-state index in [1.54, 1.807) is 0 Å². The molecule has 0 aliphatic rings. The molecule has 0 heterocycles. The zero-order valence-electron chi connectivity index (χ0n) is 9.73. The lowest BCUT2D eigenvalue weighted by Gasteiger charge is -2.20. The Morgan fingerprint density at radius 3 is 1.86 bits per heavy atom. The highest BCUT2D eigenvalue weighted by Gasteiger charge is 2.13. The minimum absolute atomic E-state index is 0.216. The van der Waals surface area contributed by atoms with Crippen LogP contribution in [0.3, 0.4) is 0 Å². The lowest BCUT2D eigenvalue weighted by molar-refractivity contribution is 0.595. The molecule has 0 saturated carbocycles. The van der Waals surface area contributed by atoms with Crippen molar-refractivity contribution in [3.05, 3.63) is 33.9 Å². The number of rotatable bonds is 2. The minimum Gasteiger partial charge on any atom is -0.271 e. The van der Waals surface area contributed by atoms with Gasteiger partial charge in [-0.25, -0.2) is 0 Å². The molecule has 0 bridgehead atoms. The van der Waals surface area contributed by atoms with Gasteiger partial charge in [0.2, 0.25) is 0 Å². The highest BCUT2D eigenvalue weighted by atomic mass is 15.2. The first-order chi connectivity index (χ1) is 6.49. The van der Waals surface area contributed by atoms with Crippen molar-refractivity contribution in [2.45, 2.75) is 40.7 Å². The Bertz CT molecular complexity index is 316. The predicted octanol–water partition coefficient (Wildman–Crippen LogP) is 2.44. The number of benzene rings is 1. The molecule has 1 aromatic carbocycles. The van der Waals surface area contributed by atoms with Gasteiger partial charge in [-0.15, -0.1) is 0 Å². The van der Waals surface area contributed by atoms with Gasteiger partial charge in [0, 0.05) is 6.04 Å². The molecule has 1 aromatic rings. The number of hydrogen-bond acceptors (Lipinski definition) is 2. The van der Waals surface area contributed by atoms with Gasteiger partial charge in [-0.2, -0.15) is 0 Å². The van der Waals surface area contributed by atoms with E-state index in [2.05, 4.69) is 46.1 Å². The maximum Gasteiger partial charge on any atom is 0.0437 e. The number of aryl methyl sites for hydroxylation is 2. The van der Waals surface area contributed by atoms with Crippen LogP contribution in [0.15, 0.2) is 6.07 Å². The lowest BCUT2D eigenvalue weighted by Crippen LogP contribution is -2.27. The standard InChI is InChI=1S/C12H20N2/c1-7-6-8(2)10(4)12(9(7)3)11(5)14-13/h6,11,14H,13H2,1-5H3. The molecule has 1 rings (SSSR count). The van der Waals surface area contributed by atoms with Crippen LogP contribution >= 0.6 is 0 Å². The van der Waals surface area contributed by atoms with E-state index in [0.29, 0.717) is 0 Å². The van der Waals surface area contributed by atoms with Gasteiger partial charge in [-0.05, 0) is 62.4 Å². The highest BCUT2D eigenvalue weighted by Crippen LogP contribution is 2.26. The zero-order valence-corrected chi connectivity index (χ0v) is 9.73. The first-order valence-corrected chi connectivity index (χ1v) is 5.02. The SMILES string of the molecule is Cc1cc(C)c(C)c(C(C)NN)c1C. The summed E-state index contributed by atoms with van der Waals surface area (Å²) >= 11 is 0. The van der Waals surface area contributed by atoms with E-state index in [-0.39, 0.29) is 6.04 Å². The molecule has 2 nitrogen and oxygen atoms in total. The van der Waals surface area contributed by atoms with Crippen molar-refractivity contribution in [3.63, 3.8) is 0 Å². The van der Waals surface area contributed by atoms with Crippen LogP contribution in [-0.4, -0.2) is 0 Å². The van der Waals surface area contributed by atoms with Crippen LogP contribution in [0.2, 0.25) is 0 Å². The molecule has 0 fully saturated rings. The van der Waals surface area contributed by atoms with Gasteiger partial charge in [0.15, 0.2) is 0 Å². The van der Waals surface area contributed by atoms with Gasteiger partial charge < -0.3 is 0 Å². The van der Waals surface area contributed by atoms with Crippen LogP contribution in [0.5, 0.6) is 0 Å². The lowest BCUT2D eigenvalue weighted by atomic mass is 9.90. The van der Waals surface area contributed by atoms with Crippen LogP contribution in [0, 0.1) is 27.7 Å². The summed E-state index contributed by atoms with van der Waals surface area (Å²) < 4.78 is 0. The Morgan fingerprint density at radius 1 is 1.07 bits per heavy atom. The highest BCUT2D eigenvalue weighted by molar-refractivity contribution is 5.45. The van der Waals surface area contributed by atoms with Crippen molar-refractivity contribution in [2.75, 3.05) is 0 Å². The summed E-state index contributed by atoms with van der Waals surface area (Å²) in [6.07, 6.45) is 0. The summed E-state index contributed by atoms with van der Waals surface area (Å²) in [6, 6.07) is 2.45. The van der Waals surface area contributed by atoms with Crippen molar-refractivity contribution in [1.29, 1.82) is 0 Å². The number of hydrogen-bond donors (Lipinski definition) is 2. The predicted molar refractivity (Wildman–Crippen MR) is 61.1 cm³/mol. The minimum atomic E-state index is 0.216. The van der Waals surface area contributed by atoms with Gasteiger partial charge in [-0.3, -0.25) is 11.3 Å². The van der Waals surface area contributed by atoms with E-state index in [4.69, 9.17) is 5.84 Å². The Hall–Kier alpha value is -0.860. The van der Waals surface area contributed by atoms with Crippen molar-refractivity contribution >= 4 is 0 Å². The Kier molecular flexibility index (Phi) is 3.29. The Morgan fingerprint density at radius 2 is 1.50 bits per heavy atom. The topological polar surface area (TPSA) is 38.0 Å². The van der Waals surface area contributed by atoms with Crippen LogP contribution in [-0.2, 0) is 0 Å². The average Bonchev–Trinajstić information content (AvgIpc) is 2.15. The van der Waals surface area contributed by atoms with Crippen molar-refractivity contribution < 1.29 is 0 Å². The second kappa shape index (κ2) is 4.11. The molecule has 0 saturated heterocycles. The first kappa shape index (κ1) is 11.2. The third kappa shape index (κ3) is 1.81. The van der Waals surface area contributed by atoms with Crippen LogP contribution in [0.4, 0.5) is 0 Å². The molecule has 0 aliphatic heterocycles. The fraction of sp³-hybridized carbons (Fsp3) is 0.500. The molecule has 2 heteroatoms. The first-order valence-electron chi connectivity index (χ1n) is 5.02. The summed E-state index contributed by atoms with van der Waals surface area (Å²) in [6.45, 7) is 10.7. The second-order valence-corrected chi connectivity index (χ2v) is 4.06. The molecule has 0 aromatic heterocycles. The number of nitrogens with two attached hydrogens (primary N) is 1. The maximum atomic E-state index is 5.49. The van der Waals surface area contributed by atoms with E-state index in [0.717, 1.165) is 0 Å². The summed E-state index contributed by atoms with van der Waals surface area (Å²) in [5, 5.41) is 0. The van der Waals surface area contributed by atoms with Gasteiger partial charge in [0.1, 0.15) is 0 Å². The monoisotopic (exact) mass is 192 g/mol. The third-order valence-corrected chi connectivity index (χ3v) is 3.11. The summed E-state index contributed by atoms with van der Waals surface area (Å²) in [5.41, 5.74) is 9.52. The second-order valence-electron chi connectivity index (χ2n) is 4.06. The van der Waals surface area contributed by atoms with Gasteiger partial charge in [0.25, 0.3) is 0 Å². The van der Waals surface area contributed by atoms with E-state index in [1.807, 2.05) is 0 Å². The summed E-state index contributed by atoms with van der Waals surface area (Å²) in [5.74, 6) is 5.49. The molecule has 14 heavy (non-hydrogen) atoms. The molecular formula is C12H20N2. The van der Waals surface area contributed by atoms with E-state index >= 15 is 0 Å². The number of nitrogens with one attached hydrogen (secondary N) is 1. The molecule has 78 valence electrons. The Balaban J connectivity index is 3.39. The molecule has 0 aliphatic carbocycles. The molecule has 1 unspecified atom stereocenters. The Labute approximate surface area is 86.5 Å². The average molecular weight is 192 g/mol. The number of hydrazine groups is 1. The van der Waals surface area contributed by atoms with Crippen LogP contribution < -0.4 is 11.3 Å². The maximum absolute atomic E-state index is 5.49. The molecular weight excluding hydrogens is 172 g/mol. The molecule has 1 atom stereocenters. The van der Waals surface area contributed by atoms with Crippen molar-refractivity contribution in [2.24, 2.45) is 5.84 Å². The molecule has 0 amide bonds. The van der Waals surface area contributed by atoms with E-state index in [9.17, 15) is 0 Å². The normalized spacial score (nSPS) is 13.0. The summed E-state index contributed by atoms with van der Waals surface area (Å²) in [4.78, 5) is 0. The third-order valence-electron chi connectivity index (χ3n) is 3.11. The zero-order chi connectivity index (χ0) is 10.9. The van der Waals surface area contributed by atoms with Crippen LogP contribution in [0.25, 0.3) is 0 Å². The van der Waals surface area contributed by atoms with Gasteiger partial charge >= 0.3 is 0 Å². The largest absolute Gasteiger partial charge is 0.271 e. The smallest absolute Gasteiger partial charge is 0.0437 e. The molecule has 0 radical (unpaired) electrons. The van der Waals surface area contributed by atoms with Crippen molar-refractivity contribution in [3.8, 4) is 0 Å². The fourth-order valence-corrected chi connectivity index (χ4v) is 1.98. The summed E-state index contributed by atoms with van der Waals surface area (Å²) in [7, 11) is 0. The van der Waals surface area contributed by atoms with Gasteiger partial charge in [0.05, 0.1) is 0 Å². The van der Waals surface area contributed by atoms with Crippen molar-refractivity contribution in [1.82, 2.24) is 5.43 Å². The van der Waals surface area contributed by atoms with E-state index < -0.39 is 0 Å². The van der Waals surface area contributed by atoms with Crippen LogP contribution in [0.1, 0.15) is 40.8 Å². The quantitative estimate of drug-likeness (QED) is 0.558. The van der Waals surface area contributed by atoms with E-state index in [1.165, 1.54) is 27.8 Å². The fourth-order valence-electron chi connectivity index (χ4n) is 1.98.